The van der Waals surface area contributed by atoms with Crippen molar-refractivity contribution in [1.29, 1.82) is 0 Å². The standard InChI is InChI=1S/C24H24N2O4S/c1-17-7-5-8-19(15-17)26(31(2,28)29)14-6-11-24(27)25-18-12-13-21-20-9-3-4-10-22(20)30-23(21)16-18/h3-5,7-10,12-13,15-16H,6,11,14H2,1-2H3,(H,25,27). The Morgan fingerprint density at radius 3 is 2.52 bits per heavy atom. The number of anilines is 2. The minimum absolute atomic E-state index is 0.173. The van der Waals surface area contributed by atoms with Crippen molar-refractivity contribution in [3.8, 4) is 0 Å². The summed E-state index contributed by atoms with van der Waals surface area (Å²) in [6.45, 7) is 2.15. The molecule has 31 heavy (non-hydrogen) atoms. The van der Waals surface area contributed by atoms with Gasteiger partial charge in [-0.05, 0) is 49.2 Å². The Labute approximate surface area is 181 Å². The fourth-order valence-electron chi connectivity index (χ4n) is 3.68. The van der Waals surface area contributed by atoms with Crippen LogP contribution in [0, 0.1) is 6.92 Å². The first kappa shape index (κ1) is 20.9. The summed E-state index contributed by atoms with van der Waals surface area (Å²) in [6.07, 6.45) is 1.79. The Hall–Kier alpha value is -3.32. The van der Waals surface area contributed by atoms with Crippen LogP contribution in [0.2, 0.25) is 0 Å². The van der Waals surface area contributed by atoms with Crippen molar-refractivity contribution in [1.82, 2.24) is 0 Å². The summed E-state index contributed by atoms with van der Waals surface area (Å²) in [4.78, 5) is 12.4. The van der Waals surface area contributed by atoms with E-state index in [0.29, 0.717) is 23.4 Å². The molecule has 0 aliphatic rings. The number of amides is 1. The van der Waals surface area contributed by atoms with E-state index < -0.39 is 10.0 Å². The zero-order valence-corrected chi connectivity index (χ0v) is 18.3. The van der Waals surface area contributed by atoms with E-state index in [0.717, 1.165) is 21.9 Å². The van der Waals surface area contributed by atoms with Crippen LogP contribution in [0.3, 0.4) is 0 Å². The van der Waals surface area contributed by atoms with Crippen LogP contribution in [0.5, 0.6) is 0 Å². The van der Waals surface area contributed by atoms with Crippen molar-refractivity contribution in [3.63, 3.8) is 0 Å². The van der Waals surface area contributed by atoms with E-state index >= 15 is 0 Å². The van der Waals surface area contributed by atoms with E-state index in [4.69, 9.17) is 4.42 Å². The molecule has 0 bridgehead atoms. The van der Waals surface area contributed by atoms with E-state index in [1.807, 2.05) is 67.6 Å². The van der Waals surface area contributed by atoms with Gasteiger partial charge in [0.2, 0.25) is 15.9 Å². The second-order valence-corrected chi connectivity index (χ2v) is 9.54. The Kier molecular flexibility index (Phi) is 5.69. The van der Waals surface area contributed by atoms with Gasteiger partial charge in [-0.15, -0.1) is 0 Å². The second-order valence-electron chi connectivity index (χ2n) is 7.64. The average Bonchev–Trinajstić information content (AvgIpc) is 3.08. The Morgan fingerprint density at radius 1 is 0.968 bits per heavy atom. The van der Waals surface area contributed by atoms with Crippen LogP contribution in [0.1, 0.15) is 18.4 Å². The fourth-order valence-corrected chi connectivity index (χ4v) is 4.64. The molecule has 0 fully saturated rings. The predicted octanol–water partition coefficient (Wildman–Crippen LogP) is 5.08. The van der Waals surface area contributed by atoms with Gasteiger partial charge in [-0.2, -0.15) is 0 Å². The maximum Gasteiger partial charge on any atom is 0.232 e. The summed E-state index contributed by atoms with van der Waals surface area (Å²) >= 11 is 0. The number of rotatable bonds is 7. The van der Waals surface area contributed by atoms with E-state index in [1.165, 1.54) is 10.6 Å². The van der Waals surface area contributed by atoms with Crippen LogP contribution in [0.15, 0.2) is 71.1 Å². The van der Waals surface area contributed by atoms with E-state index in [9.17, 15) is 13.2 Å². The number of carbonyl (C=O) groups is 1. The first-order valence-electron chi connectivity index (χ1n) is 10.1. The SMILES string of the molecule is Cc1cccc(N(CCCC(=O)Nc2ccc3c(c2)oc2ccccc23)S(C)(=O)=O)c1. The Bertz CT molecular complexity index is 1360. The van der Waals surface area contributed by atoms with Gasteiger partial charge in [0.1, 0.15) is 11.2 Å². The maximum atomic E-state index is 12.4. The molecule has 4 aromatic rings. The number of aryl methyl sites for hydroxylation is 1. The summed E-state index contributed by atoms with van der Waals surface area (Å²) in [5, 5.41) is 4.90. The number of fused-ring (bicyclic) bond motifs is 3. The van der Waals surface area contributed by atoms with Gasteiger partial charge in [0, 0.05) is 35.5 Å². The summed E-state index contributed by atoms with van der Waals surface area (Å²) in [6, 6.07) is 20.7. The Morgan fingerprint density at radius 2 is 1.74 bits per heavy atom. The molecule has 0 saturated carbocycles. The quantitative estimate of drug-likeness (QED) is 0.438. The van der Waals surface area contributed by atoms with Crippen molar-refractivity contribution in [3.05, 3.63) is 72.3 Å². The largest absolute Gasteiger partial charge is 0.456 e. The minimum atomic E-state index is -3.44. The lowest BCUT2D eigenvalue weighted by Gasteiger charge is -2.22. The van der Waals surface area contributed by atoms with Crippen LogP contribution >= 0.6 is 0 Å². The summed E-state index contributed by atoms with van der Waals surface area (Å²) in [5.41, 5.74) is 3.75. The normalized spacial score (nSPS) is 11.7. The Balaban J connectivity index is 1.41. The smallest absolute Gasteiger partial charge is 0.232 e. The highest BCUT2D eigenvalue weighted by Crippen LogP contribution is 2.30. The van der Waals surface area contributed by atoms with Gasteiger partial charge in [0.15, 0.2) is 0 Å². The second kappa shape index (κ2) is 8.43. The molecule has 1 heterocycles. The summed E-state index contributed by atoms with van der Waals surface area (Å²) in [7, 11) is -3.44. The average molecular weight is 437 g/mol. The number of nitrogens with one attached hydrogen (secondary N) is 1. The lowest BCUT2D eigenvalue weighted by Crippen LogP contribution is -2.31. The maximum absolute atomic E-state index is 12.4. The monoisotopic (exact) mass is 436 g/mol. The molecule has 0 aliphatic heterocycles. The topological polar surface area (TPSA) is 79.6 Å². The van der Waals surface area contributed by atoms with Crippen LogP contribution < -0.4 is 9.62 Å². The summed E-state index contributed by atoms with van der Waals surface area (Å²) < 4.78 is 31.6. The van der Waals surface area contributed by atoms with Crippen LogP contribution in [0.4, 0.5) is 11.4 Å². The number of sulfonamides is 1. The fraction of sp³-hybridized carbons (Fsp3) is 0.208. The van der Waals surface area contributed by atoms with Gasteiger partial charge in [0.05, 0.1) is 11.9 Å². The van der Waals surface area contributed by atoms with E-state index in [1.54, 1.807) is 6.07 Å². The molecule has 1 amide bonds. The number of para-hydroxylation sites is 1. The zero-order chi connectivity index (χ0) is 22.0. The number of furan rings is 1. The number of hydrogen-bond acceptors (Lipinski definition) is 4. The van der Waals surface area contributed by atoms with Crippen molar-refractivity contribution < 1.29 is 17.6 Å². The third-order valence-electron chi connectivity index (χ3n) is 5.12. The predicted molar refractivity (Wildman–Crippen MR) is 125 cm³/mol. The molecular weight excluding hydrogens is 412 g/mol. The van der Waals surface area contributed by atoms with Crippen molar-refractivity contribution in [2.75, 3.05) is 22.4 Å². The molecule has 0 radical (unpaired) electrons. The van der Waals surface area contributed by atoms with Crippen molar-refractivity contribution in [2.24, 2.45) is 0 Å². The molecule has 4 rings (SSSR count). The van der Waals surface area contributed by atoms with Gasteiger partial charge in [0.25, 0.3) is 0 Å². The lowest BCUT2D eigenvalue weighted by molar-refractivity contribution is -0.116. The highest BCUT2D eigenvalue weighted by molar-refractivity contribution is 7.92. The van der Waals surface area contributed by atoms with Crippen molar-refractivity contribution in [2.45, 2.75) is 19.8 Å². The lowest BCUT2D eigenvalue weighted by atomic mass is 10.1. The molecule has 0 aliphatic carbocycles. The number of hydrogen-bond donors (Lipinski definition) is 1. The van der Waals surface area contributed by atoms with Crippen molar-refractivity contribution >= 4 is 49.2 Å². The van der Waals surface area contributed by atoms with E-state index in [-0.39, 0.29) is 18.9 Å². The molecular formula is C24H24N2O4S. The van der Waals surface area contributed by atoms with Gasteiger partial charge < -0.3 is 9.73 Å². The first-order valence-corrected chi connectivity index (χ1v) is 11.9. The molecule has 0 spiro atoms. The van der Waals surface area contributed by atoms with Crippen LogP contribution in [0.25, 0.3) is 21.9 Å². The molecule has 3 aromatic carbocycles. The number of nitrogens with zero attached hydrogens (tertiary/aromatic N) is 1. The highest BCUT2D eigenvalue weighted by Gasteiger charge is 2.18. The third-order valence-corrected chi connectivity index (χ3v) is 6.31. The highest BCUT2D eigenvalue weighted by atomic mass is 32.2. The molecule has 0 saturated heterocycles. The minimum Gasteiger partial charge on any atom is -0.456 e. The molecule has 6 nitrogen and oxygen atoms in total. The van der Waals surface area contributed by atoms with Gasteiger partial charge in [-0.3, -0.25) is 9.10 Å². The van der Waals surface area contributed by atoms with Crippen LogP contribution in [-0.2, 0) is 14.8 Å². The molecule has 1 aromatic heterocycles. The van der Waals surface area contributed by atoms with Crippen LogP contribution in [-0.4, -0.2) is 27.1 Å². The molecule has 0 unspecified atom stereocenters. The third kappa shape index (κ3) is 4.72. The molecule has 1 N–H and O–H groups in total. The van der Waals surface area contributed by atoms with Gasteiger partial charge >= 0.3 is 0 Å². The van der Waals surface area contributed by atoms with E-state index in [2.05, 4.69) is 5.32 Å². The number of benzene rings is 3. The molecule has 0 atom stereocenters. The van der Waals surface area contributed by atoms with Gasteiger partial charge in [-0.25, -0.2) is 8.42 Å². The zero-order valence-electron chi connectivity index (χ0n) is 17.5. The number of carbonyl (C=O) groups excluding carboxylic acids is 1. The first-order chi connectivity index (χ1) is 14.8. The molecule has 160 valence electrons. The van der Waals surface area contributed by atoms with Gasteiger partial charge in [-0.1, -0.05) is 30.3 Å². The molecule has 7 heteroatoms. The summed E-state index contributed by atoms with van der Waals surface area (Å²) in [5.74, 6) is -0.173.